The fourth-order valence-corrected chi connectivity index (χ4v) is 4.30. The van der Waals surface area contributed by atoms with Gasteiger partial charge in [0.15, 0.2) is 0 Å². The van der Waals surface area contributed by atoms with Crippen LogP contribution in [-0.2, 0) is 5.54 Å². The summed E-state index contributed by atoms with van der Waals surface area (Å²) in [5, 5.41) is 0. The Bertz CT molecular complexity index is 1060. The van der Waals surface area contributed by atoms with E-state index in [1.807, 2.05) is 12.7 Å². The van der Waals surface area contributed by atoms with E-state index in [1.165, 1.54) is 22.3 Å². The Morgan fingerprint density at radius 2 is 0.909 bits per heavy atom. The van der Waals surface area contributed by atoms with E-state index in [0.29, 0.717) is 0 Å². The van der Waals surface area contributed by atoms with Crippen molar-refractivity contribution in [2.45, 2.75) is 38.1 Å². The monoisotopic (exact) mass is 453 g/mol. The van der Waals surface area contributed by atoms with E-state index in [9.17, 15) is 0 Å². The summed E-state index contributed by atoms with van der Waals surface area (Å²) in [5.74, 6) is 0.573. The highest BCUT2D eigenvalue weighted by Gasteiger charge is 2.26. The summed E-state index contributed by atoms with van der Waals surface area (Å²) in [6.07, 6.45) is 0. The molecule has 4 unspecified atom stereocenters. The summed E-state index contributed by atoms with van der Waals surface area (Å²) in [4.78, 5) is 0. The molecule has 1 nitrogen and oxygen atoms in total. The average Bonchev–Trinajstić information content (AvgIpc) is 2.90. The molecular weight excluding hydrogens is 417 g/mol. The van der Waals surface area contributed by atoms with Crippen LogP contribution in [-0.4, -0.2) is 6.66 Å². The Balaban J connectivity index is 0.00000149. The second-order valence-corrected chi connectivity index (χ2v) is 8.72. The standard InChI is InChI=1S/C30H31N.CH5P/c1-22(24-13-7-4-8-14-24)26-19-27(23(2)25-15-9-5-10-16-25)21-29(20-26)30(3,31)28-17-11-6-12-18-28;1-2/h4-23H,31H2,1-3H3;2H2,1H3. The van der Waals surface area contributed by atoms with Gasteiger partial charge in [0.2, 0.25) is 0 Å². The molecule has 4 aromatic carbocycles. The third-order valence-corrected chi connectivity index (χ3v) is 6.55. The highest BCUT2D eigenvalue weighted by molar-refractivity contribution is 7.15. The fourth-order valence-electron chi connectivity index (χ4n) is 4.30. The Labute approximate surface area is 202 Å². The molecule has 0 aliphatic heterocycles. The second-order valence-electron chi connectivity index (χ2n) is 8.72. The molecule has 0 aliphatic rings. The van der Waals surface area contributed by atoms with Gasteiger partial charge < -0.3 is 5.73 Å². The molecule has 0 aromatic heterocycles. The van der Waals surface area contributed by atoms with Gasteiger partial charge in [0.05, 0.1) is 5.54 Å². The summed E-state index contributed by atoms with van der Waals surface area (Å²) in [6, 6.07) is 38.8. The van der Waals surface area contributed by atoms with E-state index < -0.39 is 5.54 Å². The summed E-state index contributed by atoms with van der Waals surface area (Å²) >= 11 is 0. The molecule has 0 amide bonds. The quantitative estimate of drug-likeness (QED) is 0.297. The number of benzene rings is 4. The maximum atomic E-state index is 6.97. The van der Waals surface area contributed by atoms with Crippen molar-refractivity contribution >= 4 is 9.24 Å². The minimum Gasteiger partial charge on any atom is -0.318 e. The Hall–Kier alpha value is -2.73. The van der Waals surface area contributed by atoms with Crippen LogP contribution in [0.25, 0.3) is 0 Å². The molecule has 33 heavy (non-hydrogen) atoms. The van der Waals surface area contributed by atoms with Crippen LogP contribution in [0.15, 0.2) is 109 Å². The van der Waals surface area contributed by atoms with Crippen molar-refractivity contribution in [3.05, 3.63) is 143 Å². The van der Waals surface area contributed by atoms with Gasteiger partial charge in [0.1, 0.15) is 0 Å². The Morgan fingerprint density at radius 1 is 0.545 bits per heavy atom. The summed E-state index contributed by atoms with van der Waals surface area (Å²) in [7, 11) is 2.42. The van der Waals surface area contributed by atoms with E-state index >= 15 is 0 Å². The van der Waals surface area contributed by atoms with Crippen molar-refractivity contribution in [1.82, 2.24) is 0 Å². The van der Waals surface area contributed by atoms with Gasteiger partial charge in [-0.1, -0.05) is 130 Å². The van der Waals surface area contributed by atoms with Crippen LogP contribution in [0.4, 0.5) is 0 Å². The van der Waals surface area contributed by atoms with Crippen molar-refractivity contribution in [2.75, 3.05) is 6.66 Å². The maximum absolute atomic E-state index is 6.97. The summed E-state index contributed by atoms with van der Waals surface area (Å²) in [6.45, 7) is 8.59. The molecular formula is C31H36NP. The zero-order valence-corrected chi connectivity index (χ0v) is 21.4. The minimum atomic E-state index is -0.571. The van der Waals surface area contributed by atoms with E-state index in [4.69, 9.17) is 5.73 Å². The molecule has 2 N–H and O–H groups in total. The molecule has 0 bridgehead atoms. The van der Waals surface area contributed by atoms with Gasteiger partial charge in [-0.2, -0.15) is 0 Å². The van der Waals surface area contributed by atoms with E-state index in [2.05, 4.69) is 133 Å². The first kappa shape index (κ1) is 24.9. The highest BCUT2D eigenvalue weighted by atomic mass is 31.0. The molecule has 4 atom stereocenters. The molecule has 0 radical (unpaired) electrons. The van der Waals surface area contributed by atoms with Crippen LogP contribution in [0.1, 0.15) is 66.0 Å². The first-order chi connectivity index (χ1) is 16.0. The average molecular weight is 454 g/mol. The van der Waals surface area contributed by atoms with Crippen molar-refractivity contribution in [1.29, 1.82) is 0 Å². The lowest BCUT2D eigenvalue weighted by Gasteiger charge is -2.29. The molecule has 4 aromatic rings. The molecule has 0 saturated carbocycles. The molecule has 2 heteroatoms. The minimum absolute atomic E-state index is 0.287. The molecule has 0 spiro atoms. The third-order valence-electron chi connectivity index (χ3n) is 6.55. The van der Waals surface area contributed by atoms with Crippen LogP contribution >= 0.6 is 9.24 Å². The summed E-state index contributed by atoms with van der Waals surface area (Å²) in [5.41, 5.74) is 13.9. The number of nitrogens with two attached hydrogens (primary N) is 1. The lowest BCUT2D eigenvalue weighted by Crippen LogP contribution is -2.34. The Morgan fingerprint density at radius 3 is 1.30 bits per heavy atom. The van der Waals surface area contributed by atoms with Gasteiger partial charge in [-0.15, -0.1) is 9.24 Å². The van der Waals surface area contributed by atoms with Gasteiger partial charge in [-0.05, 0) is 40.3 Å². The van der Waals surface area contributed by atoms with Crippen LogP contribution in [0.5, 0.6) is 0 Å². The third kappa shape index (κ3) is 5.80. The van der Waals surface area contributed by atoms with E-state index in [0.717, 1.165) is 11.1 Å². The predicted octanol–water partition coefficient (Wildman–Crippen LogP) is 7.70. The zero-order chi connectivity index (χ0) is 23.8. The number of hydrogen-bond donors (Lipinski definition) is 1. The SMILES string of the molecule is CC(c1ccccc1)c1cc(C(C)c2ccccc2)cc(C(C)(N)c2ccccc2)c1.CP. The van der Waals surface area contributed by atoms with Gasteiger partial charge in [0, 0.05) is 11.8 Å². The van der Waals surface area contributed by atoms with Gasteiger partial charge in [-0.3, -0.25) is 0 Å². The molecule has 4 rings (SSSR count). The topological polar surface area (TPSA) is 26.0 Å². The van der Waals surface area contributed by atoms with Crippen molar-refractivity contribution in [3.63, 3.8) is 0 Å². The smallest absolute Gasteiger partial charge is 0.0637 e. The zero-order valence-electron chi connectivity index (χ0n) is 20.2. The van der Waals surface area contributed by atoms with Crippen LogP contribution in [0.3, 0.4) is 0 Å². The number of rotatable bonds is 6. The van der Waals surface area contributed by atoms with Gasteiger partial charge in [0.25, 0.3) is 0 Å². The largest absolute Gasteiger partial charge is 0.318 e. The summed E-state index contributed by atoms with van der Waals surface area (Å²) < 4.78 is 0. The van der Waals surface area contributed by atoms with Crippen molar-refractivity contribution in [3.8, 4) is 0 Å². The van der Waals surface area contributed by atoms with Crippen molar-refractivity contribution in [2.24, 2.45) is 5.73 Å². The molecule has 0 heterocycles. The highest BCUT2D eigenvalue weighted by Crippen LogP contribution is 2.35. The van der Waals surface area contributed by atoms with Gasteiger partial charge in [-0.25, -0.2) is 0 Å². The molecule has 170 valence electrons. The van der Waals surface area contributed by atoms with Crippen LogP contribution in [0, 0.1) is 0 Å². The molecule has 0 saturated heterocycles. The predicted molar refractivity (Wildman–Crippen MR) is 147 cm³/mol. The number of hydrogen-bond acceptors (Lipinski definition) is 1. The lowest BCUT2D eigenvalue weighted by atomic mass is 9.79. The van der Waals surface area contributed by atoms with E-state index in [-0.39, 0.29) is 11.8 Å². The maximum Gasteiger partial charge on any atom is 0.0637 e. The Kier molecular flexibility index (Phi) is 8.61. The normalized spacial score (nSPS) is 14.4. The van der Waals surface area contributed by atoms with Crippen molar-refractivity contribution < 1.29 is 0 Å². The second kappa shape index (κ2) is 11.4. The molecule has 0 aliphatic carbocycles. The van der Waals surface area contributed by atoms with Crippen LogP contribution < -0.4 is 5.73 Å². The molecule has 0 fully saturated rings. The fraction of sp³-hybridized carbons (Fsp3) is 0.226. The van der Waals surface area contributed by atoms with Gasteiger partial charge >= 0.3 is 0 Å². The lowest BCUT2D eigenvalue weighted by molar-refractivity contribution is 0.600. The van der Waals surface area contributed by atoms with Crippen LogP contribution in [0.2, 0.25) is 0 Å². The van der Waals surface area contributed by atoms with E-state index in [1.54, 1.807) is 0 Å². The first-order valence-electron chi connectivity index (χ1n) is 11.6. The first-order valence-corrected chi connectivity index (χ1v) is 12.8.